The van der Waals surface area contributed by atoms with Crippen LogP contribution in [0.2, 0.25) is 0 Å². The van der Waals surface area contributed by atoms with E-state index in [1.165, 1.54) is 6.07 Å². The van der Waals surface area contributed by atoms with E-state index in [1.54, 1.807) is 19.1 Å². The lowest BCUT2D eigenvalue weighted by Crippen LogP contribution is -2.55. The van der Waals surface area contributed by atoms with E-state index >= 15 is 0 Å². The Labute approximate surface area is 227 Å². The molecule has 4 atom stereocenters. The lowest BCUT2D eigenvalue weighted by atomic mass is 9.96. The summed E-state index contributed by atoms with van der Waals surface area (Å²) in [7, 11) is 0. The number of amides is 3. The van der Waals surface area contributed by atoms with Gasteiger partial charge in [-0.05, 0) is 56.7 Å². The summed E-state index contributed by atoms with van der Waals surface area (Å²) < 4.78 is 5.27. The summed E-state index contributed by atoms with van der Waals surface area (Å²) in [5.41, 5.74) is 22.9. The van der Waals surface area contributed by atoms with Crippen molar-refractivity contribution in [3.63, 3.8) is 0 Å². The first kappa shape index (κ1) is 31.4. The summed E-state index contributed by atoms with van der Waals surface area (Å²) in [6.07, 6.45) is 1.87. The number of anilines is 1. The number of nitrogens with two attached hydrogens (primary N) is 4. The Kier molecular flexibility index (Phi) is 11.6. The van der Waals surface area contributed by atoms with Crippen molar-refractivity contribution >= 4 is 40.2 Å². The maximum absolute atomic E-state index is 13.5. The number of aryl methyl sites for hydroxylation is 1. The summed E-state index contributed by atoms with van der Waals surface area (Å²) in [6.45, 7) is 5.79. The van der Waals surface area contributed by atoms with Crippen LogP contribution in [0, 0.1) is 12.8 Å². The molecular weight excluding hydrogens is 504 g/mol. The zero-order valence-corrected chi connectivity index (χ0v) is 22.8. The number of primary amides is 1. The fraction of sp³-hybridized carbons (Fsp3) is 0.519. The summed E-state index contributed by atoms with van der Waals surface area (Å²) in [6, 6.07) is 1.67. The van der Waals surface area contributed by atoms with Gasteiger partial charge in [-0.25, -0.2) is 4.79 Å². The first-order valence-corrected chi connectivity index (χ1v) is 13.1. The number of benzene rings is 1. The van der Waals surface area contributed by atoms with E-state index in [9.17, 15) is 24.0 Å². The molecule has 2 rings (SSSR count). The lowest BCUT2D eigenvalue weighted by molar-refractivity contribution is -0.131. The zero-order chi connectivity index (χ0) is 29.3. The van der Waals surface area contributed by atoms with Gasteiger partial charge in [0.2, 0.25) is 17.7 Å². The molecule has 39 heavy (non-hydrogen) atoms. The Hall–Kier alpha value is -3.77. The van der Waals surface area contributed by atoms with Crippen LogP contribution < -0.4 is 39.2 Å². The molecule has 3 amide bonds. The van der Waals surface area contributed by atoms with Crippen molar-refractivity contribution in [3.05, 3.63) is 39.7 Å². The number of nitrogens with one attached hydrogen (secondary N) is 2. The first-order chi connectivity index (χ1) is 18.4. The molecule has 0 fully saturated rings. The molecule has 0 unspecified atom stereocenters. The van der Waals surface area contributed by atoms with E-state index in [0.717, 1.165) is 0 Å². The molecule has 10 N–H and O–H groups in total. The number of nitrogen functional groups attached to an aromatic ring is 1. The normalized spacial score (nSPS) is 14.3. The topological polar surface area (TPSA) is 227 Å². The predicted octanol–water partition coefficient (Wildman–Crippen LogP) is 0.604. The number of fused-ring (bicyclic) bond motifs is 1. The standard InChI is InChI=1S/C27H40N6O6/c1-4-14(2)22(30)26(37)33-19(10-11-21(29)34)25(36)32-18(7-5-6-12-28)24(35)16-8-9-17-15(3)23(31)27(38)39-20(17)13-16/h8-9,13-14,18-19,22H,4-7,10-12,28,30-31H2,1-3H3,(H2,29,34)(H,32,36)(H,33,37)/t14-,18-,19-,22-/m0/s1. The fourth-order valence-electron chi connectivity index (χ4n) is 4.09. The SMILES string of the molecule is CC[C@H](C)[C@H](N)C(=O)N[C@@H](CCC(N)=O)C(=O)N[C@@H](CCCCN)C(=O)c1ccc2c(C)c(N)c(=O)oc2c1. The molecule has 12 nitrogen and oxygen atoms in total. The number of ketones is 1. The molecule has 214 valence electrons. The van der Waals surface area contributed by atoms with Gasteiger partial charge in [-0.1, -0.05) is 32.4 Å². The van der Waals surface area contributed by atoms with Gasteiger partial charge in [-0.3, -0.25) is 19.2 Å². The average molecular weight is 545 g/mol. The van der Waals surface area contributed by atoms with Crippen LogP contribution in [0.1, 0.15) is 68.3 Å². The van der Waals surface area contributed by atoms with Crippen LogP contribution in [0.3, 0.4) is 0 Å². The summed E-state index contributed by atoms with van der Waals surface area (Å²) >= 11 is 0. The van der Waals surface area contributed by atoms with Gasteiger partial charge in [0.25, 0.3) is 0 Å². The number of rotatable bonds is 15. The molecule has 1 heterocycles. The molecule has 12 heteroatoms. The Morgan fingerprint density at radius 3 is 2.31 bits per heavy atom. The highest BCUT2D eigenvalue weighted by molar-refractivity contribution is 6.04. The molecule has 0 bridgehead atoms. The van der Waals surface area contributed by atoms with Gasteiger partial charge in [0, 0.05) is 17.4 Å². The van der Waals surface area contributed by atoms with Crippen LogP contribution in [-0.4, -0.2) is 48.2 Å². The Morgan fingerprint density at radius 1 is 1.03 bits per heavy atom. The maximum Gasteiger partial charge on any atom is 0.359 e. The monoisotopic (exact) mass is 544 g/mol. The van der Waals surface area contributed by atoms with Crippen LogP contribution in [-0.2, 0) is 14.4 Å². The van der Waals surface area contributed by atoms with Crippen molar-refractivity contribution in [3.8, 4) is 0 Å². The van der Waals surface area contributed by atoms with Crippen molar-refractivity contribution in [2.24, 2.45) is 23.1 Å². The molecule has 0 aliphatic rings. The first-order valence-electron chi connectivity index (χ1n) is 13.1. The van der Waals surface area contributed by atoms with E-state index in [1.807, 2.05) is 13.8 Å². The minimum absolute atomic E-state index is 0.00870. The third-order valence-electron chi connectivity index (χ3n) is 6.95. The van der Waals surface area contributed by atoms with Crippen LogP contribution in [0.5, 0.6) is 0 Å². The minimum Gasteiger partial charge on any atom is -0.421 e. The smallest absolute Gasteiger partial charge is 0.359 e. The number of Topliss-reactive ketones (excluding diaryl/α,β-unsaturated/α-hetero) is 1. The highest BCUT2D eigenvalue weighted by Crippen LogP contribution is 2.23. The number of hydrogen-bond acceptors (Lipinski definition) is 9. The molecule has 0 saturated heterocycles. The third kappa shape index (κ3) is 8.36. The molecule has 2 aromatic rings. The fourth-order valence-corrected chi connectivity index (χ4v) is 4.09. The van der Waals surface area contributed by atoms with Gasteiger partial charge in [0.1, 0.15) is 17.3 Å². The van der Waals surface area contributed by atoms with Gasteiger partial charge in [0.15, 0.2) is 5.78 Å². The Balaban J connectivity index is 2.34. The average Bonchev–Trinajstić information content (AvgIpc) is 2.91. The number of carbonyl (C=O) groups is 4. The van der Waals surface area contributed by atoms with E-state index in [-0.39, 0.29) is 42.0 Å². The van der Waals surface area contributed by atoms with E-state index in [0.29, 0.717) is 36.8 Å². The second-order valence-corrected chi connectivity index (χ2v) is 9.83. The lowest BCUT2D eigenvalue weighted by Gasteiger charge is -2.25. The van der Waals surface area contributed by atoms with E-state index < -0.39 is 47.3 Å². The minimum atomic E-state index is -1.13. The van der Waals surface area contributed by atoms with Gasteiger partial charge in [-0.15, -0.1) is 0 Å². The van der Waals surface area contributed by atoms with Gasteiger partial charge in [-0.2, -0.15) is 0 Å². The molecule has 0 spiro atoms. The molecule has 0 radical (unpaired) electrons. The van der Waals surface area contributed by atoms with Gasteiger partial charge < -0.3 is 38.0 Å². The maximum atomic E-state index is 13.5. The number of carbonyl (C=O) groups excluding carboxylic acids is 4. The molecule has 1 aromatic carbocycles. The Morgan fingerprint density at radius 2 is 1.69 bits per heavy atom. The van der Waals surface area contributed by atoms with Crippen molar-refractivity contribution in [1.29, 1.82) is 0 Å². The van der Waals surface area contributed by atoms with Crippen molar-refractivity contribution in [1.82, 2.24) is 10.6 Å². The number of unbranched alkanes of at least 4 members (excludes halogenated alkanes) is 1. The van der Waals surface area contributed by atoms with E-state index in [4.69, 9.17) is 27.4 Å². The molecule has 0 aliphatic carbocycles. The number of hydrogen-bond donors (Lipinski definition) is 6. The van der Waals surface area contributed by atoms with Gasteiger partial charge >= 0.3 is 5.63 Å². The quantitative estimate of drug-likeness (QED) is 0.105. The Bertz CT molecular complexity index is 1260. The van der Waals surface area contributed by atoms with Crippen LogP contribution >= 0.6 is 0 Å². The second kappa shape index (κ2) is 14.4. The summed E-state index contributed by atoms with van der Waals surface area (Å²) in [5.74, 6) is -2.39. The van der Waals surface area contributed by atoms with Crippen LogP contribution in [0.25, 0.3) is 11.0 Å². The predicted molar refractivity (Wildman–Crippen MR) is 149 cm³/mol. The molecule has 0 aliphatic heterocycles. The van der Waals surface area contributed by atoms with E-state index in [2.05, 4.69) is 10.6 Å². The molecular formula is C27H40N6O6. The molecule has 0 saturated carbocycles. The van der Waals surface area contributed by atoms with Crippen molar-refractivity contribution < 1.29 is 23.6 Å². The van der Waals surface area contributed by atoms with Crippen LogP contribution in [0.15, 0.2) is 27.4 Å². The van der Waals surface area contributed by atoms with Crippen molar-refractivity contribution in [2.45, 2.75) is 77.4 Å². The summed E-state index contributed by atoms with van der Waals surface area (Å²) in [5, 5.41) is 5.90. The summed E-state index contributed by atoms with van der Waals surface area (Å²) in [4.78, 5) is 63.0. The largest absolute Gasteiger partial charge is 0.421 e. The molecule has 1 aromatic heterocycles. The second-order valence-electron chi connectivity index (χ2n) is 9.83. The third-order valence-corrected chi connectivity index (χ3v) is 6.95. The van der Waals surface area contributed by atoms with Crippen LogP contribution in [0.4, 0.5) is 5.69 Å². The zero-order valence-electron chi connectivity index (χ0n) is 22.8. The highest BCUT2D eigenvalue weighted by atomic mass is 16.4. The van der Waals surface area contributed by atoms with Crippen molar-refractivity contribution in [2.75, 3.05) is 12.3 Å². The highest BCUT2D eigenvalue weighted by Gasteiger charge is 2.30. The van der Waals surface area contributed by atoms with Gasteiger partial charge in [0.05, 0.1) is 12.1 Å².